The minimum atomic E-state index is -4.48. The molecular formula is C29H35ClF3N5O4. The van der Waals surface area contributed by atoms with Gasteiger partial charge in [0.05, 0.1) is 24.5 Å². The molecule has 2 N–H and O–H groups in total. The second kappa shape index (κ2) is 12.2. The molecule has 13 heteroatoms. The van der Waals surface area contributed by atoms with Crippen LogP contribution in [0.25, 0.3) is 0 Å². The second-order valence-corrected chi connectivity index (χ2v) is 11.9. The average molecular weight is 610 g/mol. The maximum Gasteiger partial charge on any atom is 0.405 e. The molecule has 9 nitrogen and oxygen atoms in total. The van der Waals surface area contributed by atoms with Crippen molar-refractivity contribution in [3.8, 4) is 5.75 Å². The lowest BCUT2D eigenvalue weighted by atomic mass is 9.96. The molecule has 3 fully saturated rings. The van der Waals surface area contributed by atoms with Crippen LogP contribution in [0.15, 0.2) is 36.5 Å². The van der Waals surface area contributed by atoms with E-state index in [1.807, 2.05) is 11.4 Å². The summed E-state index contributed by atoms with van der Waals surface area (Å²) in [5.41, 5.74) is -0.249. The Hall–Kier alpha value is -3.25. The lowest BCUT2D eigenvalue weighted by molar-refractivity contribution is -0.135. The van der Waals surface area contributed by atoms with E-state index < -0.39 is 24.2 Å². The third-order valence-electron chi connectivity index (χ3n) is 7.98. The smallest absolute Gasteiger partial charge is 0.405 e. The zero-order valence-corrected chi connectivity index (χ0v) is 24.3. The van der Waals surface area contributed by atoms with Gasteiger partial charge >= 0.3 is 6.18 Å². The number of ether oxygens (including phenoxy) is 2. The Bertz CT molecular complexity index is 1270. The Kier molecular flexibility index (Phi) is 8.75. The van der Waals surface area contributed by atoms with Crippen molar-refractivity contribution in [1.29, 1.82) is 0 Å². The van der Waals surface area contributed by atoms with Crippen LogP contribution in [0.1, 0.15) is 49.9 Å². The first-order chi connectivity index (χ1) is 19.9. The molecule has 2 bridgehead atoms. The lowest BCUT2D eigenvalue weighted by Gasteiger charge is -2.41. The van der Waals surface area contributed by atoms with Crippen LogP contribution in [-0.2, 0) is 9.53 Å². The number of morpholine rings is 1. The number of aromatic nitrogens is 1. The van der Waals surface area contributed by atoms with Crippen LogP contribution < -0.4 is 25.2 Å². The van der Waals surface area contributed by atoms with Crippen LogP contribution in [-0.4, -0.2) is 79.5 Å². The summed E-state index contributed by atoms with van der Waals surface area (Å²) >= 11 is 6.28. The number of nitrogens with one attached hydrogen (secondary N) is 2. The first kappa shape index (κ1) is 30.2. The van der Waals surface area contributed by atoms with Gasteiger partial charge in [-0.1, -0.05) is 11.6 Å². The van der Waals surface area contributed by atoms with E-state index in [1.54, 1.807) is 32.0 Å². The molecule has 3 saturated heterocycles. The molecule has 2 amide bonds. The summed E-state index contributed by atoms with van der Waals surface area (Å²) in [5, 5.41) is 5.64. The number of hydrogen-bond donors (Lipinski definition) is 2. The maximum absolute atomic E-state index is 13.5. The number of alkyl halides is 3. The first-order valence-electron chi connectivity index (χ1n) is 14.1. The fraction of sp³-hybridized carbons (Fsp3) is 0.552. The molecule has 0 unspecified atom stereocenters. The third kappa shape index (κ3) is 7.03. The summed E-state index contributed by atoms with van der Waals surface area (Å²) in [6.07, 6.45) is 0.114. The quantitative estimate of drug-likeness (QED) is 0.460. The average Bonchev–Trinajstić information content (AvgIpc) is 3.22. The Balaban J connectivity index is 1.20. The normalized spacial score (nSPS) is 22.6. The highest BCUT2D eigenvalue weighted by Crippen LogP contribution is 2.39. The van der Waals surface area contributed by atoms with Crippen molar-refractivity contribution in [2.75, 3.05) is 42.6 Å². The number of anilines is 2. The van der Waals surface area contributed by atoms with Crippen molar-refractivity contribution in [1.82, 2.24) is 15.6 Å². The topological polar surface area (TPSA) is 96.0 Å². The highest BCUT2D eigenvalue weighted by atomic mass is 35.5. The summed E-state index contributed by atoms with van der Waals surface area (Å²) in [5.74, 6) is 0.214. The fourth-order valence-corrected chi connectivity index (χ4v) is 6.10. The largest absolute Gasteiger partial charge is 0.476 e. The fourth-order valence-electron chi connectivity index (χ4n) is 5.93. The van der Waals surface area contributed by atoms with Gasteiger partial charge in [0, 0.05) is 42.4 Å². The zero-order valence-electron chi connectivity index (χ0n) is 23.5. The predicted octanol–water partition coefficient (Wildman–Crippen LogP) is 4.34. The second-order valence-electron chi connectivity index (χ2n) is 11.5. The van der Waals surface area contributed by atoms with Crippen LogP contribution in [0.3, 0.4) is 0 Å². The van der Waals surface area contributed by atoms with E-state index in [1.165, 1.54) is 12.3 Å². The molecular weight excluding hydrogens is 575 g/mol. The van der Waals surface area contributed by atoms with Crippen LogP contribution in [0.5, 0.6) is 5.75 Å². The number of halogens is 4. The van der Waals surface area contributed by atoms with Gasteiger partial charge in [0.25, 0.3) is 11.8 Å². The standard InChI is InChI=1S/C29H35ClF3N5O4/c1-28(2,42-24-7-4-19(30)13-23(24)37-9-11-41-12-10-37)27(40)36-20-14-21-5-6-22(15-20)38(21)25-8-3-18(16-34-25)26(39)35-17-29(31,32)33/h3-4,7-8,13,16,20-22H,5-6,9-12,14-15,17H2,1-2H3,(H,35,39)(H,36,40)/t20-,21+,22-. The number of rotatable bonds is 8. The van der Waals surface area contributed by atoms with Gasteiger partial charge in [-0.25, -0.2) is 4.98 Å². The molecule has 42 heavy (non-hydrogen) atoms. The highest BCUT2D eigenvalue weighted by Gasteiger charge is 2.43. The van der Waals surface area contributed by atoms with Gasteiger partial charge in [0.15, 0.2) is 5.60 Å². The molecule has 5 rings (SSSR count). The number of benzene rings is 1. The molecule has 1 aromatic carbocycles. The van der Waals surface area contributed by atoms with Gasteiger partial charge in [-0.3, -0.25) is 9.59 Å². The highest BCUT2D eigenvalue weighted by molar-refractivity contribution is 6.31. The van der Waals surface area contributed by atoms with E-state index in [-0.39, 0.29) is 29.6 Å². The van der Waals surface area contributed by atoms with Crippen molar-refractivity contribution < 1.29 is 32.2 Å². The molecule has 1 aromatic heterocycles. The summed E-state index contributed by atoms with van der Waals surface area (Å²) in [7, 11) is 0. The number of hydrogen-bond acceptors (Lipinski definition) is 7. The molecule has 2 aromatic rings. The minimum absolute atomic E-state index is 0.0505. The Morgan fingerprint density at radius 1 is 1.10 bits per heavy atom. The number of carbonyl (C=O) groups excluding carboxylic acids is 2. The molecule has 0 radical (unpaired) electrons. The van der Waals surface area contributed by atoms with Crippen molar-refractivity contribution in [2.45, 2.75) is 69.4 Å². The molecule has 228 valence electrons. The number of amides is 2. The predicted molar refractivity (Wildman–Crippen MR) is 152 cm³/mol. The first-order valence-corrected chi connectivity index (χ1v) is 14.5. The van der Waals surface area contributed by atoms with E-state index in [2.05, 4.69) is 20.1 Å². The molecule has 0 saturated carbocycles. The van der Waals surface area contributed by atoms with Crippen LogP contribution >= 0.6 is 11.6 Å². The number of piperidine rings is 1. The van der Waals surface area contributed by atoms with E-state index in [0.29, 0.717) is 55.7 Å². The van der Waals surface area contributed by atoms with Gasteiger partial charge in [0.1, 0.15) is 18.1 Å². The van der Waals surface area contributed by atoms with Crippen molar-refractivity contribution >= 4 is 34.9 Å². The van der Waals surface area contributed by atoms with E-state index in [9.17, 15) is 22.8 Å². The Labute approximate surface area is 247 Å². The van der Waals surface area contributed by atoms with Gasteiger partial charge < -0.3 is 29.9 Å². The Morgan fingerprint density at radius 2 is 1.79 bits per heavy atom. The van der Waals surface area contributed by atoms with E-state index in [0.717, 1.165) is 18.5 Å². The zero-order chi connectivity index (χ0) is 30.1. The molecule has 4 heterocycles. The summed E-state index contributed by atoms with van der Waals surface area (Å²) in [6.45, 7) is 4.72. The van der Waals surface area contributed by atoms with Crippen molar-refractivity contribution in [3.63, 3.8) is 0 Å². The van der Waals surface area contributed by atoms with Crippen molar-refractivity contribution in [3.05, 3.63) is 47.1 Å². The van der Waals surface area contributed by atoms with Crippen LogP contribution in [0, 0.1) is 0 Å². The summed E-state index contributed by atoms with van der Waals surface area (Å²) in [4.78, 5) is 34.2. The number of carbonyl (C=O) groups is 2. The molecule has 3 aliphatic rings. The monoisotopic (exact) mass is 609 g/mol. The lowest BCUT2D eigenvalue weighted by Crippen LogP contribution is -2.55. The van der Waals surface area contributed by atoms with Gasteiger partial charge in [-0.05, 0) is 69.9 Å². The van der Waals surface area contributed by atoms with Gasteiger partial charge in [-0.15, -0.1) is 0 Å². The van der Waals surface area contributed by atoms with Crippen molar-refractivity contribution in [2.24, 2.45) is 0 Å². The number of nitrogens with zero attached hydrogens (tertiary/aromatic N) is 3. The van der Waals surface area contributed by atoms with Gasteiger partial charge in [0.2, 0.25) is 0 Å². The summed E-state index contributed by atoms with van der Waals surface area (Å²) < 4.78 is 49.0. The molecule has 0 aliphatic carbocycles. The SMILES string of the molecule is CC(C)(Oc1ccc(Cl)cc1N1CCOCC1)C(=O)N[C@H]1C[C@H]2CC[C@@H](C1)N2c1ccc(C(=O)NCC(F)(F)F)cn1. The number of pyridine rings is 1. The maximum atomic E-state index is 13.5. The molecule has 0 spiro atoms. The minimum Gasteiger partial charge on any atom is -0.476 e. The van der Waals surface area contributed by atoms with E-state index >= 15 is 0 Å². The van der Waals surface area contributed by atoms with E-state index in [4.69, 9.17) is 21.1 Å². The van der Waals surface area contributed by atoms with Crippen LogP contribution in [0.4, 0.5) is 24.7 Å². The molecule has 3 aliphatic heterocycles. The molecule has 3 atom stereocenters. The third-order valence-corrected chi connectivity index (χ3v) is 8.21. The van der Waals surface area contributed by atoms with Crippen LogP contribution in [0.2, 0.25) is 5.02 Å². The number of fused-ring (bicyclic) bond motifs is 2. The Morgan fingerprint density at radius 3 is 2.40 bits per heavy atom. The van der Waals surface area contributed by atoms with Gasteiger partial charge in [-0.2, -0.15) is 13.2 Å². The summed E-state index contributed by atoms with van der Waals surface area (Å²) in [6, 6.07) is 8.77.